The van der Waals surface area contributed by atoms with Gasteiger partial charge in [-0.3, -0.25) is 0 Å². The SMILES string of the molecule is O=C(Nc1ccc(-c2ncco2)cc1)N(CCO)C1CC1. The van der Waals surface area contributed by atoms with Crippen molar-refractivity contribution in [3.63, 3.8) is 0 Å². The lowest BCUT2D eigenvalue weighted by Gasteiger charge is -2.21. The van der Waals surface area contributed by atoms with Gasteiger partial charge in [-0.2, -0.15) is 0 Å². The van der Waals surface area contributed by atoms with Crippen molar-refractivity contribution in [1.82, 2.24) is 9.88 Å². The summed E-state index contributed by atoms with van der Waals surface area (Å²) in [6, 6.07) is 7.39. The minimum Gasteiger partial charge on any atom is -0.445 e. The number of hydrogen-bond acceptors (Lipinski definition) is 4. The summed E-state index contributed by atoms with van der Waals surface area (Å²) >= 11 is 0. The molecule has 0 saturated heterocycles. The molecule has 1 aromatic heterocycles. The molecule has 0 aliphatic heterocycles. The second-order valence-electron chi connectivity index (χ2n) is 4.99. The summed E-state index contributed by atoms with van der Waals surface area (Å²) < 4.78 is 5.22. The number of carbonyl (C=O) groups is 1. The fraction of sp³-hybridized carbons (Fsp3) is 0.333. The number of aromatic nitrogens is 1. The van der Waals surface area contributed by atoms with Crippen LogP contribution in [0.3, 0.4) is 0 Å². The van der Waals surface area contributed by atoms with Crippen LogP contribution in [0, 0.1) is 0 Å². The van der Waals surface area contributed by atoms with Crippen molar-refractivity contribution in [2.75, 3.05) is 18.5 Å². The zero-order valence-corrected chi connectivity index (χ0v) is 11.5. The average molecular weight is 287 g/mol. The summed E-state index contributed by atoms with van der Waals surface area (Å²) in [5.74, 6) is 0.549. The Morgan fingerprint density at radius 1 is 1.38 bits per heavy atom. The maximum atomic E-state index is 12.2. The van der Waals surface area contributed by atoms with Crippen LogP contribution in [0.25, 0.3) is 11.5 Å². The fourth-order valence-electron chi connectivity index (χ4n) is 2.20. The van der Waals surface area contributed by atoms with Gasteiger partial charge in [-0.25, -0.2) is 9.78 Å². The van der Waals surface area contributed by atoms with Crippen molar-refractivity contribution < 1.29 is 14.3 Å². The van der Waals surface area contributed by atoms with Crippen LogP contribution in [0.15, 0.2) is 41.1 Å². The van der Waals surface area contributed by atoms with Gasteiger partial charge in [0, 0.05) is 23.8 Å². The summed E-state index contributed by atoms with van der Waals surface area (Å²) in [7, 11) is 0. The second-order valence-corrected chi connectivity index (χ2v) is 4.99. The Bertz CT molecular complexity index is 591. The van der Waals surface area contributed by atoms with E-state index in [1.54, 1.807) is 11.1 Å². The Kier molecular flexibility index (Phi) is 3.87. The smallest absolute Gasteiger partial charge is 0.322 e. The molecule has 6 heteroatoms. The highest BCUT2D eigenvalue weighted by atomic mass is 16.3. The number of nitrogens with zero attached hydrogens (tertiary/aromatic N) is 2. The monoisotopic (exact) mass is 287 g/mol. The van der Waals surface area contributed by atoms with Gasteiger partial charge in [-0.1, -0.05) is 0 Å². The summed E-state index contributed by atoms with van der Waals surface area (Å²) in [6.45, 7) is 0.345. The number of rotatable bonds is 5. The van der Waals surface area contributed by atoms with Gasteiger partial charge < -0.3 is 19.7 Å². The Labute approximate surface area is 122 Å². The minimum atomic E-state index is -0.171. The maximum absolute atomic E-state index is 12.2. The molecule has 2 amide bonds. The summed E-state index contributed by atoms with van der Waals surface area (Å²) in [4.78, 5) is 17.9. The molecule has 0 spiro atoms. The third kappa shape index (κ3) is 3.22. The van der Waals surface area contributed by atoms with E-state index in [0.717, 1.165) is 18.4 Å². The number of carbonyl (C=O) groups excluding carboxylic acids is 1. The predicted molar refractivity (Wildman–Crippen MR) is 77.8 cm³/mol. The molecule has 1 fully saturated rings. The Morgan fingerprint density at radius 2 is 2.14 bits per heavy atom. The maximum Gasteiger partial charge on any atom is 0.322 e. The van der Waals surface area contributed by atoms with Crippen molar-refractivity contribution >= 4 is 11.7 Å². The zero-order chi connectivity index (χ0) is 14.7. The first-order valence-corrected chi connectivity index (χ1v) is 6.96. The number of anilines is 1. The molecule has 3 rings (SSSR count). The number of aliphatic hydroxyl groups excluding tert-OH is 1. The van der Waals surface area contributed by atoms with Crippen molar-refractivity contribution in [3.05, 3.63) is 36.7 Å². The van der Waals surface area contributed by atoms with Gasteiger partial charge in [-0.05, 0) is 37.1 Å². The Hall–Kier alpha value is -2.34. The molecule has 1 aliphatic carbocycles. The van der Waals surface area contributed by atoms with Crippen LogP contribution >= 0.6 is 0 Å². The van der Waals surface area contributed by atoms with Crippen LogP contribution in [-0.4, -0.2) is 40.2 Å². The van der Waals surface area contributed by atoms with Crippen LogP contribution in [0.5, 0.6) is 0 Å². The number of urea groups is 1. The van der Waals surface area contributed by atoms with Crippen molar-refractivity contribution in [2.45, 2.75) is 18.9 Å². The first kappa shape index (κ1) is 13.6. The van der Waals surface area contributed by atoms with Crippen molar-refractivity contribution in [1.29, 1.82) is 0 Å². The highest BCUT2D eigenvalue weighted by Gasteiger charge is 2.32. The van der Waals surface area contributed by atoms with E-state index in [-0.39, 0.29) is 18.7 Å². The van der Waals surface area contributed by atoms with E-state index in [4.69, 9.17) is 9.52 Å². The minimum absolute atomic E-state index is 0.0208. The first-order valence-electron chi connectivity index (χ1n) is 6.96. The lowest BCUT2D eigenvalue weighted by Crippen LogP contribution is -2.38. The molecule has 0 atom stereocenters. The number of benzene rings is 1. The lowest BCUT2D eigenvalue weighted by molar-refractivity contribution is 0.185. The van der Waals surface area contributed by atoms with E-state index >= 15 is 0 Å². The largest absolute Gasteiger partial charge is 0.445 e. The normalized spacial score (nSPS) is 14.0. The van der Waals surface area contributed by atoms with Gasteiger partial charge in [0.25, 0.3) is 0 Å². The number of nitrogens with one attached hydrogen (secondary N) is 1. The predicted octanol–water partition coefficient (Wildman–Crippen LogP) is 2.33. The van der Waals surface area contributed by atoms with Gasteiger partial charge in [0.2, 0.25) is 5.89 Å². The average Bonchev–Trinajstić information content (AvgIpc) is 3.19. The molecule has 0 radical (unpaired) electrons. The van der Waals surface area contributed by atoms with Gasteiger partial charge in [-0.15, -0.1) is 0 Å². The van der Waals surface area contributed by atoms with Gasteiger partial charge in [0.15, 0.2) is 0 Å². The van der Waals surface area contributed by atoms with E-state index in [9.17, 15) is 4.79 Å². The van der Waals surface area contributed by atoms with Gasteiger partial charge >= 0.3 is 6.03 Å². The quantitative estimate of drug-likeness (QED) is 0.884. The second kappa shape index (κ2) is 5.97. The Balaban J connectivity index is 1.65. The Morgan fingerprint density at radius 3 is 2.71 bits per heavy atom. The van der Waals surface area contributed by atoms with Crippen LogP contribution in [0.4, 0.5) is 10.5 Å². The van der Waals surface area contributed by atoms with Crippen LogP contribution in [0.2, 0.25) is 0 Å². The molecule has 2 aromatic rings. The molecular weight excluding hydrogens is 270 g/mol. The molecule has 6 nitrogen and oxygen atoms in total. The lowest BCUT2D eigenvalue weighted by atomic mass is 10.2. The highest BCUT2D eigenvalue weighted by molar-refractivity contribution is 5.90. The molecular formula is C15H17N3O3. The molecule has 2 N–H and O–H groups in total. The fourth-order valence-corrected chi connectivity index (χ4v) is 2.20. The molecule has 1 saturated carbocycles. The topological polar surface area (TPSA) is 78.6 Å². The van der Waals surface area contributed by atoms with E-state index in [2.05, 4.69) is 10.3 Å². The van der Waals surface area contributed by atoms with Gasteiger partial charge in [0.05, 0.1) is 12.8 Å². The van der Waals surface area contributed by atoms with Crippen molar-refractivity contribution in [3.8, 4) is 11.5 Å². The number of oxazole rings is 1. The first-order chi connectivity index (χ1) is 10.3. The number of hydrogen-bond donors (Lipinski definition) is 2. The van der Waals surface area contributed by atoms with Crippen LogP contribution < -0.4 is 5.32 Å². The van der Waals surface area contributed by atoms with Crippen LogP contribution in [0.1, 0.15) is 12.8 Å². The summed E-state index contributed by atoms with van der Waals surface area (Å²) in [5.41, 5.74) is 1.56. The van der Waals surface area contributed by atoms with Crippen molar-refractivity contribution in [2.24, 2.45) is 0 Å². The highest BCUT2D eigenvalue weighted by Crippen LogP contribution is 2.27. The van der Waals surface area contributed by atoms with E-state index in [1.165, 1.54) is 6.26 Å². The molecule has 1 aliphatic rings. The number of aliphatic hydroxyl groups is 1. The summed E-state index contributed by atoms with van der Waals surface area (Å²) in [5, 5.41) is 11.9. The molecule has 0 unspecified atom stereocenters. The zero-order valence-electron chi connectivity index (χ0n) is 11.5. The molecule has 1 heterocycles. The van der Waals surface area contributed by atoms with Crippen LogP contribution in [-0.2, 0) is 0 Å². The third-order valence-electron chi connectivity index (χ3n) is 3.40. The van der Waals surface area contributed by atoms with Gasteiger partial charge in [0.1, 0.15) is 6.26 Å². The standard InChI is InChI=1S/C15H17N3O3/c19-9-8-18(13-5-6-13)15(20)17-12-3-1-11(2-4-12)14-16-7-10-21-14/h1-4,7,10,13,19H,5-6,8-9H2,(H,17,20). The van der Waals surface area contributed by atoms with E-state index in [0.29, 0.717) is 18.1 Å². The third-order valence-corrected chi connectivity index (χ3v) is 3.40. The molecule has 21 heavy (non-hydrogen) atoms. The van der Waals surface area contributed by atoms with E-state index in [1.807, 2.05) is 24.3 Å². The molecule has 110 valence electrons. The summed E-state index contributed by atoms with van der Waals surface area (Å²) in [6.07, 6.45) is 5.13. The van der Waals surface area contributed by atoms with E-state index < -0.39 is 0 Å². The molecule has 0 bridgehead atoms. The molecule has 1 aromatic carbocycles. The number of amides is 2.